The van der Waals surface area contributed by atoms with Gasteiger partial charge in [0, 0.05) is 18.7 Å². The van der Waals surface area contributed by atoms with Crippen molar-refractivity contribution in [1.82, 2.24) is 4.90 Å². The van der Waals surface area contributed by atoms with E-state index in [4.69, 9.17) is 21.1 Å². The molecule has 6 heteroatoms. The van der Waals surface area contributed by atoms with Gasteiger partial charge in [0.15, 0.2) is 11.5 Å². The van der Waals surface area contributed by atoms with Crippen molar-refractivity contribution >= 4 is 17.5 Å². The van der Waals surface area contributed by atoms with Crippen LogP contribution < -0.4 is 9.47 Å². The van der Waals surface area contributed by atoms with Gasteiger partial charge in [0.2, 0.25) is 6.79 Å². The molecule has 0 radical (unpaired) electrons. The number of carbonyl (C=O) groups is 1. The van der Waals surface area contributed by atoms with Gasteiger partial charge in [-0.25, -0.2) is 0 Å². The zero-order chi connectivity index (χ0) is 14.3. The Morgan fingerprint density at radius 1 is 1.45 bits per heavy atom. The number of fused-ring (bicyclic) bond motifs is 1. The summed E-state index contributed by atoms with van der Waals surface area (Å²) in [6.45, 7) is 3.10. The number of likely N-dealkylation sites (tertiary alicyclic amines) is 1. The Bertz CT molecular complexity index is 548. The normalized spacial score (nSPS) is 24.9. The molecule has 1 saturated heterocycles. The Balaban J connectivity index is 1.83. The second-order valence-electron chi connectivity index (χ2n) is 5.28. The van der Waals surface area contributed by atoms with Crippen molar-refractivity contribution in [1.29, 1.82) is 0 Å². The summed E-state index contributed by atoms with van der Waals surface area (Å²) in [6, 6.07) is 3.22. The number of rotatable bonds is 1. The molecule has 2 atom stereocenters. The lowest BCUT2D eigenvalue weighted by Gasteiger charge is -2.34. The van der Waals surface area contributed by atoms with Crippen LogP contribution in [0.5, 0.6) is 11.5 Å². The molecule has 1 fully saturated rings. The first-order valence-electron chi connectivity index (χ1n) is 6.62. The number of halogens is 1. The molecular weight excluding hydrogens is 282 g/mol. The predicted octanol–water partition coefficient (Wildman–Crippen LogP) is 1.91. The first-order valence-corrected chi connectivity index (χ1v) is 7.00. The molecule has 5 nitrogen and oxygen atoms in total. The van der Waals surface area contributed by atoms with Gasteiger partial charge in [0.05, 0.1) is 11.1 Å². The van der Waals surface area contributed by atoms with Crippen LogP contribution in [0.25, 0.3) is 0 Å². The van der Waals surface area contributed by atoms with Crippen molar-refractivity contribution in [3.05, 3.63) is 22.7 Å². The maximum absolute atomic E-state index is 12.5. The van der Waals surface area contributed by atoms with E-state index >= 15 is 0 Å². The number of carbonyl (C=O) groups excluding carboxylic acids is 1. The number of hydrogen-bond donors (Lipinski definition) is 1. The van der Waals surface area contributed by atoms with Crippen molar-refractivity contribution in [2.45, 2.75) is 19.4 Å². The van der Waals surface area contributed by atoms with Crippen LogP contribution >= 0.6 is 11.6 Å². The third-order valence-corrected chi connectivity index (χ3v) is 4.16. The summed E-state index contributed by atoms with van der Waals surface area (Å²) in [7, 11) is 0. The van der Waals surface area contributed by atoms with Crippen LogP contribution in [0, 0.1) is 5.92 Å². The van der Waals surface area contributed by atoms with Crippen LogP contribution in [0.15, 0.2) is 12.1 Å². The van der Waals surface area contributed by atoms with E-state index < -0.39 is 6.10 Å². The van der Waals surface area contributed by atoms with Gasteiger partial charge < -0.3 is 19.5 Å². The van der Waals surface area contributed by atoms with Crippen LogP contribution in [0.1, 0.15) is 23.7 Å². The van der Waals surface area contributed by atoms with Crippen LogP contribution in [0.4, 0.5) is 0 Å². The lowest BCUT2D eigenvalue weighted by molar-refractivity contribution is 0.0248. The molecule has 2 aliphatic rings. The average molecular weight is 298 g/mol. The number of amides is 1. The number of aliphatic hydroxyl groups excluding tert-OH is 1. The third kappa shape index (κ3) is 2.31. The molecule has 1 N–H and O–H groups in total. The molecule has 108 valence electrons. The summed E-state index contributed by atoms with van der Waals surface area (Å²) >= 11 is 6.08. The van der Waals surface area contributed by atoms with Gasteiger partial charge in [-0.15, -0.1) is 0 Å². The van der Waals surface area contributed by atoms with Gasteiger partial charge in [-0.2, -0.15) is 0 Å². The topological polar surface area (TPSA) is 59.0 Å². The van der Waals surface area contributed by atoms with Gasteiger partial charge in [0.25, 0.3) is 5.91 Å². The monoisotopic (exact) mass is 297 g/mol. The lowest BCUT2D eigenvalue weighted by atomic mass is 9.95. The Kier molecular flexibility index (Phi) is 3.48. The highest BCUT2D eigenvalue weighted by Gasteiger charge is 2.29. The van der Waals surface area contributed by atoms with Gasteiger partial charge in [-0.05, 0) is 24.5 Å². The largest absolute Gasteiger partial charge is 0.454 e. The number of hydrogen-bond acceptors (Lipinski definition) is 4. The minimum atomic E-state index is -0.475. The van der Waals surface area contributed by atoms with Gasteiger partial charge in [0.1, 0.15) is 0 Å². The molecule has 0 saturated carbocycles. The third-order valence-electron chi connectivity index (χ3n) is 3.88. The van der Waals surface area contributed by atoms with Gasteiger partial charge in [-0.1, -0.05) is 18.5 Å². The summed E-state index contributed by atoms with van der Waals surface area (Å²) in [5.41, 5.74) is 0.459. The van der Waals surface area contributed by atoms with E-state index in [2.05, 4.69) is 0 Å². The number of aliphatic hydroxyl groups is 1. The highest BCUT2D eigenvalue weighted by molar-refractivity contribution is 6.32. The van der Waals surface area contributed by atoms with E-state index in [9.17, 15) is 9.90 Å². The second kappa shape index (κ2) is 5.14. The molecule has 0 aromatic heterocycles. The first kappa shape index (κ1) is 13.5. The molecule has 1 aromatic rings. The van der Waals surface area contributed by atoms with Crippen molar-refractivity contribution in [3.63, 3.8) is 0 Å². The second-order valence-corrected chi connectivity index (χ2v) is 5.68. The van der Waals surface area contributed by atoms with Crippen molar-refractivity contribution in [2.75, 3.05) is 19.9 Å². The van der Waals surface area contributed by atoms with E-state index in [-0.39, 0.29) is 18.6 Å². The molecule has 0 spiro atoms. The molecular formula is C14H16ClNO4. The lowest BCUT2D eigenvalue weighted by Crippen LogP contribution is -2.45. The molecule has 0 aliphatic carbocycles. The van der Waals surface area contributed by atoms with Crippen LogP contribution in [-0.2, 0) is 0 Å². The zero-order valence-electron chi connectivity index (χ0n) is 11.1. The van der Waals surface area contributed by atoms with Gasteiger partial charge >= 0.3 is 0 Å². The van der Waals surface area contributed by atoms with E-state index in [1.54, 1.807) is 17.0 Å². The number of β-amino-alcohol motifs (C(OH)–C–C–N with tert-alkyl or cyclic N) is 1. The Morgan fingerprint density at radius 3 is 3.00 bits per heavy atom. The Hall–Kier alpha value is -1.46. The minimum absolute atomic E-state index is 0.118. The van der Waals surface area contributed by atoms with E-state index in [1.807, 2.05) is 6.92 Å². The molecule has 2 heterocycles. The SMILES string of the molecule is CC1CCN(C(=O)c2cc(Cl)c3c(c2)OCO3)CC1O. The van der Waals surface area contributed by atoms with Crippen molar-refractivity contribution in [2.24, 2.45) is 5.92 Å². The fourth-order valence-corrected chi connectivity index (χ4v) is 2.77. The Morgan fingerprint density at radius 2 is 2.25 bits per heavy atom. The average Bonchev–Trinajstić information content (AvgIpc) is 2.90. The smallest absolute Gasteiger partial charge is 0.254 e. The van der Waals surface area contributed by atoms with Gasteiger partial charge in [-0.3, -0.25) is 4.79 Å². The molecule has 0 bridgehead atoms. The highest BCUT2D eigenvalue weighted by Crippen LogP contribution is 2.40. The van der Waals surface area contributed by atoms with E-state index in [0.29, 0.717) is 35.2 Å². The van der Waals surface area contributed by atoms with E-state index in [1.165, 1.54) is 0 Å². The standard InChI is InChI=1S/C14H16ClNO4/c1-8-2-3-16(6-11(8)17)14(18)9-4-10(15)13-12(5-9)19-7-20-13/h4-5,8,11,17H,2-3,6-7H2,1H3. The molecule has 3 rings (SSSR count). The quantitative estimate of drug-likeness (QED) is 0.860. The summed E-state index contributed by atoms with van der Waals surface area (Å²) in [5.74, 6) is 1.05. The molecule has 20 heavy (non-hydrogen) atoms. The summed E-state index contributed by atoms with van der Waals surface area (Å²) in [6.07, 6.45) is 0.322. The predicted molar refractivity (Wildman–Crippen MR) is 73.3 cm³/mol. The number of benzene rings is 1. The number of nitrogens with zero attached hydrogens (tertiary/aromatic N) is 1. The fourth-order valence-electron chi connectivity index (χ4n) is 2.51. The zero-order valence-corrected chi connectivity index (χ0v) is 11.9. The fraction of sp³-hybridized carbons (Fsp3) is 0.500. The van der Waals surface area contributed by atoms with Crippen LogP contribution in [0.2, 0.25) is 5.02 Å². The maximum atomic E-state index is 12.5. The number of ether oxygens (including phenoxy) is 2. The Labute approximate surface area is 122 Å². The molecule has 2 aliphatic heterocycles. The van der Waals surface area contributed by atoms with Crippen LogP contribution in [0.3, 0.4) is 0 Å². The maximum Gasteiger partial charge on any atom is 0.254 e. The van der Waals surface area contributed by atoms with Crippen molar-refractivity contribution < 1.29 is 19.4 Å². The summed E-state index contributed by atoms with van der Waals surface area (Å²) in [4.78, 5) is 14.1. The van der Waals surface area contributed by atoms with Crippen molar-refractivity contribution in [3.8, 4) is 11.5 Å². The molecule has 1 amide bonds. The molecule has 1 aromatic carbocycles. The molecule has 2 unspecified atom stereocenters. The van der Waals surface area contributed by atoms with Crippen LogP contribution in [-0.4, -0.2) is 41.9 Å². The van der Waals surface area contributed by atoms with E-state index in [0.717, 1.165) is 6.42 Å². The summed E-state index contributed by atoms with van der Waals surface area (Å²) in [5, 5.41) is 10.3. The number of piperidine rings is 1. The first-order chi connectivity index (χ1) is 9.56. The minimum Gasteiger partial charge on any atom is -0.454 e. The summed E-state index contributed by atoms with van der Waals surface area (Å²) < 4.78 is 10.5. The highest BCUT2D eigenvalue weighted by atomic mass is 35.5.